The number of carboxylic acid groups (broad SMARTS) is 1. The Morgan fingerprint density at radius 2 is 1.35 bits per heavy atom. The van der Waals surface area contributed by atoms with E-state index in [1.807, 2.05) is 0 Å². The van der Waals surface area contributed by atoms with Crippen molar-refractivity contribution in [3.05, 3.63) is 0 Å². The molecule has 0 saturated carbocycles. The summed E-state index contributed by atoms with van der Waals surface area (Å²) in [5.41, 5.74) is 0.545. The van der Waals surface area contributed by atoms with E-state index in [0.29, 0.717) is 5.41 Å². The third-order valence-electron chi connectivity index (χ3n) is 3.09. The van der Waals surface area contributed by atoms with Crippen LogP contribution >= 0.6 is 0 Å². The van der Waals surface area contributed by atoms with E-state index in [-0.39, 0.29) is 0 Å². The molecule has 0 fully saturated rings. The van der Waals surface area contributed by atoms with Gasteiger partial charge in [-0.1, -0.05) is 76.5 Å². The van der Waals surface area contributed by atoms with Gasteiger partial charge in [0.05, 0.1) is 0 Å². The maximum Gasteiger partial charge on any atom is 0.470 e. The highest BCUT2D eigenvalue weighted by Gasteiger charge is 2.54. The van der Waals surface area contributed by atoms with Crippen LogP contribution in [-0.4, -0.2) is 24.7 Å². The van der Waals surface area contributed by atoms with Crippen molar-refractivity contribution in [1.29, 1.82) is 0 Å². The van der Waals surface area contributed by atoms with E-state index in [0.717, 1.165) is 0 Å². The highest BCUT2D eigenvalue weighted by atomic mass is 32.3. The quantitative estimate of drug-likeness (QED) is 0.455. The van der Waals surface area contributed by atoms with Crippen LogP contribution in [0, 0.1) is 5.41 Å². The summed E-state index contributed by atoms with van der Waals surface area (Å²) in [5, 5.41) is 2.07. The molecule has 4 nitrogen and oxygen atoms in total. The number of unbranched alkanes of at least 4 members (excludes halogenated alkanes) is 6. The molecule has 0 aromatic rings. The molecule has 0 amide bonds. The standard InChI is InChI=1S/C13H28.C2HF3O4S/c1-5-6-7-8-9-10-11-12-13(2,3)4;3-2(4,1(6)7)10(5,8)9/h5-12H2,1-4H3;(H,6,7). The number of rotatable bonds is 9. The Morgan fingerprint density at radius 3 is 1.61 bits per heavy atom. The molecule has 0 aromatic carbocycles. The fourth-order valence-corrected chi connectivity index (χ4v) is 1.93. The molecule has 1 N–H and O–H groups in total. The van der Waals surface area contributed by atoms with Crippen LogP contribution in [-0.2, 0) is 15.0 Å². The van der Waals surface area contributed by atoms with Gasteiger partial charge in [0.15, 0.2) is 0 Å². The van der Waals surface area contributed by atoms with Gasteiger partial charge in [-0.25, -0.2) is 4.79 Å². The summed E-state index contributed by atoms with van der Waals surface area (Å²) in [4.78, 5) is 9.30. The first-order chi connectivity index (χ1) is 10.3. The molecule has 0 unspecified atom stereocenters. The van der Waals surface area contributed by atoms with Gasteiger partial charge in [-0.3, -0.25) is 0 Å². The van der Waals surface area contributed by atoms with E-state index < -0.39 is 21.4 Å². The maximum absolute atomic E-state index is 11.5. The molecule has 0 atom stereocenters. The van der Waals surface area contributed by atoms with E-state index in [2.05, 4.69) is 27.7 Å². The molecule has 0 radical (unpaired) electrons. The van der Waals surface area contributed by atoms with Gasteiger partial charge in [-0.15, -0.1) is 0 Å². The van der Waals surface area contributed by atoms with Crippen LogP contribution in [0.2, 0.25) is 0 Å². The molecule has 8 heteroatoms. The number of alkyl halides is 2. The Hall–Kier alpha value is -0.790. The Labute approximate surface area is 137 Å². The minimum atomic E-state index is -6.33. The van der Waals surface area contributed by atoms with Crippen molar-refractivity contribution >= 4 is 16.2 Å². The fourth-order valence-electron chi connectivity index (χ4n) is 1.72. The second-order valence-corrected chi connectivity index (χ2v) is 8.08. The van der Waals surface area contributed by atoms with Crippen LogP contribution in [0.4, 0.5) is 12.7 Å². The Balaban J connectivity index is 0. The molecule has 0 spiro atoms. The number of hydrogen-bond acceptors (Lipinski definition) is 3. The maximum atomic E-state index is 11.5. The zero-order valence-electron chi connectivity index (χ0n) is 14.4. The minimum Gasteiger partial charge on any atom is -0.476 e. The second-order valence-electron chi connectivity index (χ2n) is 6.69. The van der Waals surface area contributed by atoms with Crippen molar-refractivity contribution in [3.63, 3.8) is 0 Å². The minimum absolute atomic E-state index is 0.545. The van der Waals surface area contributed by atoms with E-state index in [9.17, 15) is 25.9 Å². The lowest BCUT2D eigenvalue weighted by Crippen LogP contribution is -2.34. The van der Waals surface area contributed by atoms with E-state index in [1.54, 1.807) is 0 Å². The van der Waals surface area contributed by atoms with Crippen molar-refractivity contribution in [2.75, 3.05) is 0 Å². The molecule has 0 bridgehead atoms. The van der Waals surface area contributed by atoms with Crippen molar-refractivity contribution in [2.24, 2.45) is 5.41 Å². The van der Waals surface area contributed by atoms with E-state index >= 15 is 0 Å². The fraction of sp³-hybridized carbons (Fsp3) is 0.933. The van der Waals surface area contributed by atoms with Gasteiger partial charge < -0.3 is 5.11 Å². The summed E-state index contributed by atoms with van der Waals surface area (Å²) in [6, 6.07) is 0. The summed E-state index contributed by atoms with van der Waals surface area (Å²) in [6.07, 6.45) is 11.4. The topological polar surface area (TPSA) is 71.4 Å². The molecule has 140 valence electrons. The summed E-state index contributed by atoms with van der Waals surface area (Å²) in [5.74, 6) is -3.03. The molecule has 0 heterocycles. The SMILES string of the molecule is CCCCCCCCCC(C)(C)C.O=C(O)C(F)(F)S(=O)(=O)F. The molecular weight excluding hydrogens is 333 g/mol. The highest BCUT2D eigenvalue weighted by molar-refractivity contribution is 7.88. The van der Waals surface area contributed by atoms with Gasteiger partial charge in [0.1, 0.15) is 0 Å². The zero-order valence-corrected chi connectivity index (χ0v) is 15.2. The van der Waals surface area contributed by atoms with Gasteiger partial charge in [0.2, 0.25) is 0 Å². The molecule has 0 saturated heterocycles. The monoisotopic (exact) mass is 362 g/mol. The normalized spacial score (nSPS) is 12.5. The largest absolute Gasteiger partial charge is 0.476 e. The van der Waals surface area contributed by atoms with Gasteiger partial charge in [-0.05, 0) is 11.8 Å². The summed E-state index contributed by atoms with van der Waals surface area (Å²) >= 11 is 0. The van der Waals surface area contributed by atoms with E-state index in [1.165, 1.54) is 51.4 Å². The molecule has 0 aliphatic carbocycles. The third-order valence-corrected chi connectivity index (χ3v) is 3.87. The molecule has 0 rings (SSSR count). The van der Waals surface area contributed by atoms with Gasteiger partial charge in [0.25, 0.3) is 0 Å². The average molecular weight is 362 g/mol. The number of hydrogen-bond donors (Lipinski definition) is 1. The molecular formula is C15H29F3O4S. The van der Waals surface area contributed by atoms with Crippen LogP contribution in [0.3, 0.4) is 0 Å². The molecule has 0 aliphatic heterocycles. The van der Waals surface area contributed by atoms with Crippen molar-refractivity contribution in [3.8, 4) is 0 Å². The summed E-state index contributed by atoms with van der Waals surface area (Å²) in [7, 11) is -6.33. The van der Waals surface area contributed by atoms with Crippen molar-refractivity contribution in [2.45, 2.75) is 84.3 Å². The van der Waals surface area contributed by atoms with Crippen LogP contribution < -0.4 is 0 Å². The lowest BCUT2D eigenvalue weighted by Gasteiger charge is -2.17. The van der Waals surface area contributed by atoms with Crippen LogP contribution in [0.15, 0.2) is 0 Å². The number of halogens is 3. The summed E-state index contributed by atoms with van der Waals surface area (Å²) < 4.78 is 52.8. The van der Waals surface area contributed by atoms with Crippen LogP contribution in [0.1, 0.15) is 79.1 Å². The third kappa shape index (κ3) is 13.4. The first-order valence-electron chi connectivity index (χ1n) is 7.81. The lowest BCUT2D eigenvalue weighted by atomic mass is 9.89. The predicted octanol–water partition coefficient (Wildman–Crippen LogP) is 5.14. The molecule has 23 heavy (non-hydrogen) atoms. The highest BCUT2D eigenvalue weighted by Crippen LogP contribution is 2.23. The van der Waals surface area contributed by atoms with Gasteiger partial charge >= 0.3 is 21.4 Å². The Morgan fingerprint density at radius 1 is 0.957 bits per heavy atom. The molecule has 0 aromatic heterocycles. The zero-order chi connectivity index (χ0) is 18.7. The van der Waals surface area contributed by atoms with E-state index in [4.69, 9.17) is 5.11 Å². The predicted molar refractivity (Wildman–Crippen MR) is 84.7 cm³/mol. The Kier molecular flexibility index (Phi) is 11.6. The lowest BCUT2D eigenvalue weighted by molar-refractivity contribution is -0.154. The van der Waals surface area contributed by atoms with Crippen molar-refractivity contribution < 1.29 is 31.0 Å². The first kappa shape index (κ1) is 24.5. The number of aliphatic carboxylic acids is 1. The Bertz CT molecular complexity index is 428. The first-order valence-corrected chi connectivity index (χ1v) is 9.19. The summed E-state index contributed by atoms with van der Waals surface area (Å²) in [6.45, 7) is 9.29. The van der Waals surface area contributed by atoms with Crippen LogP contribution in [0.5, 0.6) is 0 Å². The van der Waals surface area contributed by atoms with Gasteiger partial charge in [0, 0.05) is 0 Å². The average Bonchev–Trinajstić information content (AvgIpc) is 2.35. The second kappa shape index (κ2) is 10.9. The number of carboxylic acids is 1. The van der Waals surface area contributed by atoms with Crippen LogP contribution in [0.25, 0.3) is 0 Å². The van der Waals surface area contributed by atoms with Gasteiger partial charge in [-0.2, -0.15) is 17.2 Å². The van der Waals surface area contributed by atoms with Crippen molar-refractivity contribution in [1.82, 2.24) is 0 Å². The smallest absolute Gasteiger partial charge is 0.470 e. The molecule has 0 aliphatic rings. The number of carbonyl (C=O) groups is 1.